The molecule has 3 heteroatoms. The molecule has 0 aliphatic heterocycles. The minimum absolute atomic E-state index is 0.724. The molecule has 0 aliphatic rings. The molecule has 1 aromatic heterocycles. The van der Waals surface area contributed by atoms with E-state index in [0.717, 1.165) is 22.3 Å². The van der Waals surface area contributed by atoms with Crippen LogP contribution in [0.3, 0.4) is 0 Å². The number of nitrogen functional groups attached to an aromatic ring is 1. The zero-order valence-corrected chi connectivity index (χ0v) is 10.5. The Morgan fingerprint density at radius 3 is 2.67 bits per heavy atom. The summed E-state index contributed by atoms with van der Waals surface area (Å²) in [7, 11) is 1.96. The van der Waals surface area contributed by atoms with Crippen LogP contribution in [-0.2, 0) is 7.05 Å². The van der Waals surface area contributed by atoms with Crippen molar-refractivity contribution in [2.45, 2.75) is 6.92 Å². The van der Waals surface area contributed by atoms with Crippen molar-refractivity contribution in [2.75, 3.05) is 5.73 Å². The van der Waals surface area contributed by atoms with Crippen molar-refractivity contribution in [1.82, 2.24) is 9.78 Å². The summed E-state index contributed by atoms with van der Waals surface area (Å²) < 4.78 is 1.90. The highest BCUT2D eigenvalue weighted by Gasteiger charge is 2.12. The smallest absolute Gasteiger partial charge is 0.116 e. The molecule has 0 saturated heterocycles. The normalized spacial score (nSPS) is 11.0. The first-order valence-electron chi connectivity index (χ1n) is 5.95. The third-order valence-electron chi connectivity index (χ3n) is 3.19. The second kappa shape index (κ2) is 3.88. The Hall–Kier alpha value is -2.29. The fourth-order valence-corrected chi connectivity index (χ4v) is 2.37. The fraction of sp³-hybridized carbons (Fsp3) is 0.133. The Balaban J connectivity index is 2.36. The van der Waals surface area contributed by atoms with Gasteiger partial charge in [-0.2, -0.15) is 5.10 Å². The van der Waals surface area contributed by atoms with Crippen LogP contribution in [0.4, 0.5) is 5.69 Å². The molecule has 90 valence electrons. The largest absolute Gasteiger partial charge is 0.397 e. The molecule has 0 radical (unpaired) electrons. The lowest BCUT2D eigenvalue weighted by Gasteiger charge is -2.04. The van der Waals surface area contributed by atoms with Crippen LogP contribution in [0.1, 0.15) is 5.56 Å². The number of aryl methyl sites for hydroxylation is 2. The summed E-state index contributed by atoms with van der Waals surface area (Å²) in [6.07, 6.45) is 0. The number of benzene rings is 2. The van der Waals surface area contributed by atoms with Crippen LogP contribution in [0.2, 0.25) is 0 Å². The predicted molar refractivity (Wildman–Crippen MR) is 75.3 cm³/mol. The number of nitrogens with zero attached hydrogens (tertiary/aromatic N) is 2. The van der Waals surface area contributed by atoms with Gasteiger partial charge < -0.3 is 5.73 Å². The van der Waals surface area contributed by atoms with Crippen LogP contribution in [-0.4, -0.2) is 9.78 Å². The fourth-order valence-electron chi connectivity index (χ4n) is 2.37. The first-order chi connectivity index (χ1) is 8.66. The highest BCUT2D eigenvalue weighted by atomic mass is 15.3. The lowest BCUT2D eigenvalue weighted by molar-refractivity contribution is 0.788. The van der Waals surface area contributed by atoms with E-state index >= 15 is 0 Å². The molecule has 0 aliphatic carbocycles. The summed E-state index contributed by atoms with van der Waals surface area (Å²) >= 11 is 0. The molecule has 0 atom stereocenters. The van der Waals surface area contributed by atoms with Crippen molar-refractivity contribution in [3.05, 3.63) is 48.0 Å². The van der Waals surface area contributed by atoms with Gasteiger partial charge in [0.1, 0.15) is 5.52 Å². The molecule has 2 aromatic carbocycles. The molecular formula is C15H15N3. The summed E-state index contributed by atoms with van der Waals surface area (Å²) in [4.78, 5) is 0. The molecule has 3 nitrogen and oxygen atoms in total. The standard InChI is InChI=1S/C15H15N3/c1-10-5-3-6-11(9-10)15-12-7-4-8-13(16)14(12)17-18(15)2/h3-9H,16H2,1-2H3. The molecule has 0 bridgehead atoms. The van der Waals surface area contributed by atoms with Crippen LogP contribution in [0.5, 0.6) is 0 Å². The summed E-state index contributed by atoms with van der Waals surface area (Å²) in [6.45, 7) is 2.09. The van der Waals surface area contributed by atoms with Gasteiger partial charge >= 0.3 is 0 Å². The van der Waals surface area contributed by atoms with E-state index in [0.29, 0.717) is 0 Å². The third kappa shape index (κ3) is 1.56. The van der Waals surface area contributed by atoms with Gasteiger partial charge in [0, 0.05) is 18.0 Å². The number of hydrogen-bond donors (Lipinski definition) is 1. The van der Waals surface area contributed by atoms with Gasteiger partial charge in [0.2, 0.25) is 0 Å². The second-order valence-electron chi connectivity index (χ2n) is 4.59. The van der Waals surface area contributed by atoms with E-state index in [1.165, 1.54) is 11.1 Å². The molecule has 0 amide bonds. The minimum atomic E-state index is 0.724. The Morgan fingerprint density at radius 2 is 1.89 bits per heavy atom. The van der Waals surface area contributed by atoms with Crippen molar-refractivity contribution < 1.29 is 0 Å². The molecule has 0 spiro atoms. The van der Waals surface area contributed by atoms with Crippen molar-refractivity contribution in [2.24, 2.45) is 7.05 Å². The topological polar surface area (TPSA) is 43.8 Å². The Kier molecular flexibility index (Phi) is 2.33. The Labute approximate surface area is 106 Å². The average Bonchev–Trinajstić information content (AvgIpc) is 2.67. The number of rotatable bonds is 1. The van der Waals surface area contributed by atoms with E-state index < -0.39 is 0 Å². The maximum atomic E-state index is 5.97. The molecule has 3 rings (SSSR count). The van der Waals surface area contributed by atoms with Gasteiger partial charge in [-0.25, -0.2) is 0 Å². The molecule has 0 unspecified atom stereocenters. The van der Waals surface area contributed by atoms with Crippen LogP contribution >= 0.6 is 0 Å². The summed E-state index contributed by atoms with van der Waals surface area (Å²) in [5.74, 6) is 0. The number of anilines is 1. The minimum Gasteiger partial charge on any atom is -0.397 e. The predicted octanol–water partition coefficient (Wildman–Crippen LogP) is 3.13. The molecule has 2 N–H and O–H groups in total. The van der Waals surface area contributed by atoms with Crippen molar-refractivity contribution in [3.63, 3.8) is 0 Å². The quantitative estimate of drug-likeness (QED) is 0.661. The van der Waals surface area contributed by atoms with Crippen molar-refractivity contribution in [1.29, 1.82) is 0 Å². The number of hydrogen-bond acceptors (Lipinski definition) is 2. The highest BCUT2D eigenvalue weighted by Crippen LogP contribution is 2.30. The van der Waals surface area contributed by atoms with Gasteiger partial charge in [-0.05, 0) is 19.1 Å². The van der Waals surface area contributed by atoms with Gasteiger partial charge in [-0.15, -0.1) is 0 Å². The maximum absolute atomic E-state index is 5.97. The van der Waals surface area contributed by atoms with E-state index in [9.17, 15) is 0 Å². The second-order valence-corrected chi connectivity index (χ2v) is 4.59. The van der Waals surface area contributed by atoms with Gasteiger partial charge in [-0.3, -0.25) is 4.68 Å². The Bertz CT molecular complexity index is 726. The number of fused-ring (bicyclic) bond motifs is 1. The van der Waals surface area contributed by atoms with Crippen LogP contribution in [0.25, 0.3) is 22.2 Å². The molecule has 0 saturated carbocycles. The molecule has 18 heavy (non-hydrogen) atoms. The van der Waals surface area contributed by atoms with E-state index in [1.807, 2.05) is 23.9 Å². The SMILES string of the molecule is Cc1cccc(-c2c3cccc(N)c3nn2C)c1. The Morgan fingerprint density at radius 1 is 1.11 bits per heavy atom. The average molecular weight is 237 g/mol. The maximum Gasteiger partial charge on any atom is 0.116 e. The monoisotopic (exact) mass is 237 g/mol. The van der Waals surface area contributed by atoms with Crippen molar-refractivity contribution in [3.8, 4) is 11.3 Å². The van der Waals surface area contributed by atoms with Gasteiger partial charge in [0.05, 0.1) is 11.4 Å². The summed E-state index contributed by atoms with van der Waals surface area (Å²) in [6, 6.07) is 14.4. The van der Waals surface area contributed by atoms with Crippen molar-refractivity contribution >= 4 is 16.6 Å². The lowest BCUT2D eigenvalue weighted by atomic mass is 10.1. The molecule has 1 heterocycles. The van der Waals surface area contributed by atoms with E-state index in [1.54, 1.807) is 0 Å². The highest BCUT2D eigenvalue weighted by molar-refractivity contribution is 5.99. The summed E-state index contributed by atoms with van der Waals surface area (Å²) in [5.41, 5.74) is 11.1. The van der Waals surface area contributed by atoms with Gasteiger partial charge in [0.15, 0.2) is 0 Å². The summed E-state index contributed by atoms with van der Waals surface area (Å²) in [5, 5.41) is 5.61. The first kappa shape index (κ1) is 10.8. The van der Waals surface area contributed by atoms with Crippen LogP contribution in [0, 0.1) is 6.92 Å². The zero-order chi connectivity index (χ0) is 12.7. The lowest BCUT2D eigenvalue weighted by Crippen LogP contribution is -1.93. The third-order valence-corrected chi connectivity index (χ3v) is 3.19. The molecular weight excluding hydrogens is 222 g/mol. The van der Waals surface area contributed by atoms with Gasteiger partial charge in [0.25, 0.3) is 0 Å². The van der Waals surface area contributed by atoms with Crippen LogP contribution in [0.15, 0.2) is 42.5 Å². The van der Waals surface area contributed by atoms with E-state index in [4.69, 9.17) is 5.73 Å². The number of aromatic nitrogens is 2. The number of nitrogens with two attached hydrogens (primary N) is 1. The van der Waals surface area contributed by atoms with Crippen LogP contribution < -0.4 is 5.73 Å². The molecule has 0 fully saturated rings. The molecule has 3 aromatic rings. The van der Waals surface area contributed by atoms with E-state index in [-0.39, 0.29) is 0 Å². The first-order valence-corrected chi connectivity index (χ1v) is 5.95. The zero-order valence-electron chi connectivity index (χ0n) is 10.5. The van der Waals surface area contributed by atoms with E-state index in [2.05, 4.69) is 42.4 Å². The van der Waals surface area contributed by atoms with Gasteiger partial charge in [-0.1, -0.05) is 35.9 Å².